The van der Waals surface area contributed by atoms with Crippen molar-refractivity contribution in [3.05, 3.63) is 24.4 Å². The molecule has 0 atom stereocenters. The second-order valence-corrected chi connectivity index (χ2v) is 5.28. The Morgan fingerprint density at radius 1 is 1.41 bits per heavy atom. The Balaban J connectivity index is 2.52. The summed E-state index contributed by atoms with van der Waals surface area (Å²) in [6, 6.07) is 4.93. The van der Waals surface area contributed by atoms with Crippen LogP contribution in [0.1, 0.15) is 0 Å². The van der Waals surface area contributed by atoms with E-state index >= 15 is 0 Å². The monoisotopic (exact) mass is 257 g/mol. The van der Waals surface area contributed by atoms with Crippen LogP contribution < -0.4 is 10.5 Å². The summed E-state index contributed by atoms with van der Waals surface area (Å²) in [6.07, 6.45) is 1.37. The molecule has 2 rings (SSSR count). The highest BCUT2D eigenvalue weighted by Crippen LogP contribution is 2.24. The molecule has 17 heavy (non-hydrogen) atoms. The van der Waals surface area contributed by atoms with Crippen LogP contribution in [0.4, 0.5) is 10.1 Å². The number of aromatic nitrogens is 1. The maximum atomic E-state index is 12.0. The van der Waals surface area contributed by atoms with Crippen molar-refractivity contribution < 1.29 is 12.8 Å². The summed E-state index contributed by atoms with van der Waals surface area (Å²) in [6.45, 7) is -0.985. The third-order valence-corrected chi connectivity index (χ3v) is 3.84. The molecule has 0 fully saturated rings. The number of H-pyrrole nitrogens is 1. The van der Waals surface area contributed by atoms with E-state index in [9.17, 15) is 12.8 Å². The van der Waals surface area contributed by atoms with Crippen LogP contribution in [-0.2, 0) is 10.0 Å². The van der Waals surface area contributed by atoms with Gasteiger partial charge in [0.05, 0.1) is 0 Å². The fourth-order valence-corrected chi connectivity index (χ4v) is 2.76. The second kappa shape index (κ2) is 4.34. The molecule has 4 N–H and O–H groups in total. The van der Waals surface area contributed by atoms with Crippen molar-refractivity contribution in [2.24, 2.45) is 0 Å². The van der Waals surface area contributed by atoms with E-state index in [-0.39, 0.29) is 11.4 Å². The van der Waals surface area contributed by atoms with Gasteiger partial charge in [0.1, 0.15) is 11.6 Å². The molecule has 1 aromatic heterocycles. The summed E-state index contributed by atoms with van der Waals surface area (Å²) in [7, 11) is -3.70. The van der Waals surface area contributed by atoms with Gasteiger partial charge in [-0.3, -0.25) is 0 Å². The zero-order chi connectivity index (χ0) is 12.5. The molecule has 0 aliphatic rings. The van der Waals surface area contributed by atoms with E-state index in [1.54, 1.807) is 18.2 Å². The molecule has 0 spiro atoms. The minimum atomic E-state index is -3.70. The van der Waals surface area contributed by atoms with Gasteiger partial charge in [-0.25, -0.2) is 17.5 Å². The summed E-state index contributed by atoms with van der Waals surface area (Å²) in [4.78, 5) is 2.91. The quantitative estimate of drug-likeness (QED) is 0.714. The number of hydrogen-bond acceptors (Lipinski definition) is 3. The first kappa shape index (κ1) is 11.9. The van der Waals surface area contributed by atoms with Crippen LogP contribution in [0.15, 0.2) is 29.3 Å². The average molecular weight is 257 g/mol. The molecule has 0 radical (unpaired) electrons. The predicted octanol–water partition coefficient (Wildman–Crippen LogP) is 0.998. The van der Waals surface area contributed by atoms with Gasteiger partial charge in [0.25, 0.3) is 0 Å². The number of rotatable bonds is 4. The number of nitrogen functional groups attached to an aromatic ring is 1. The predicted molar refractivity (Wildman–Crippen MR) is 63.9 cm³/mol. The lowest BCUT2D eigenvalue weighted by atomic mass is 10.2. The van der Waals surface area contributed by atoms with Gasteiger partial charge in [-0.2, -0.15) is 0 Å². The number of sulfonamides is 1. The van der Waals surface area contributed by atoms with Crippen molar-refractivity contribution in [2.75, 3.05) is 19.0 Å². The average Bonchev–Trinajstić information content (AvgIpc) is 2.70. The van der Waals surface area contributed by atoms with Crippen molar-refractivity contribution in [3.8, 4) is 0 Å². The van der Waals surface area contributed by atoms with E-state index in [1.807, 2.05) is 0 Å². The van der Waals surface area contributed by atoms with Crippen LogP contribution in [0, 0.1) is 0 Å². The molecule has 92 valence electrons. The van der Waals surface area contributed by atoms with Gasteiger partial charge in [-0.1, -0.05) is 0 Å². The van der Waals surface area contributed by atoms with Gasteiger partial charge in [0, 0.05) is 29.3 Å². The van der Waals surface area contributed by atoms with Crippen LogP contribution in [0.5, 0.6) is 0 Å². The fraction of sp³-hybridized carbons (Fsp3) is 0.200. The standard InChI is InChI=1S/C10H12FN3O2S/c11-3-4-14-17(15,16)10-6-13-9-2-1-7(12)5-8(9)10/h1-2,5-6,13-14H,3-4,12H2. The van der Waals surface area contributed by atoms with Gasteiger partial charge in [-0.15, -0.1) is 0 Å². The number of anilines is 1. The summed E-state index contributed by atoms with van der Waals surface area (Å²) in [5, 5.41) is 0.497. The number of alkyl halides is 1. The van der Waals surface area contributed by atoms with E-state index < -0.39 is 16.7 Å². The molecule has 0 unspecified atom stereocenters. The summed E-state index contributed by atoms with van der Waals surface area (Å²) < 4.78 is 37.8. The minimum Gasteiger partial charge on any atom is -0.399 e. The molecule has 2 aromatic rings. The Morgan fingerprint density at radius 2 is 2.18 bits per heavy atom. The maximum Gasteiger partial charge on any atom is 0.242 e. The lowest BCUT2D eigenvalue weighted by Gasteiger charge is -2.03. The van der Waals surface area contributed by atoms with Crippen molar-refractivity contribution in [1.29, 1.82) is 0 Å². The lowest BCUT2D eigenvalue weighted by molar-refractivity contribution is 0.487. The number of aromatic amines is 1. The lowest BCUT2D eigenvalue weighted by Crippen LogP contribution is -2.25. The van der Waals surface area contributed by atoms with Crippen LogP contribution in [0.3, 0.4) is 0 Å². The highest BCUT2D eigenvalue weighted by atomic mass is 32.2. The topological polar surface area (TPSA) is 88.0 Å². The zero-order valence-electron chi connectivity index (χ0n) is 8.90. The normalized spacial score (nSPS) is 12.1. The second-order valence-electron chi connectivity index (χ2n) is 3.54. The zero-order valence-corrected chi connectivity index (χ0v) is 9.72. The smallest absolute Gasteiger partial charge is 0.242 e. The molecule has 0 aliphatic heterocycles. The first-order valence-corrected chi connectivity index (χ1v) is 6.45. The van der Waals surface area contributed by atoms with Crippen molar-refractivity contribution >= 4 is 26.6 Å². The van der Waals surface area contributed by atoms with E-state index in [1.165, 1.54) is 6.20 Å². The molecule has 1 heterocycles. The number of nitrogens with two attached hydrogens (primary N) is 1. The molecule has 0 saturated carbocycles. The van der Waals surface area contributed by atoms with Gasteiger partial charge < -0.3 is 10.7 Å². The third kappa shape index (κ3) is 2.25. The van der Waals surface area contributed by atoms with Crippen LogP contribution in [0.25, 0.3) is 10.9 Å². The van der Waals surface area contributed by atoms with Crippen molar-refractivity contribution in [1.82, 2.24) is 9.71 Å². The Kier molecular flexibility index (Phi) is 3.03. The molecule has 7 heteroatoms. The van der Waals surface area contributed by atoms with Gasteiger partial charge in [0.15, 0.2) is 0 Å². The van der Waals surface area contributed by atoms with Gasteiger partial charge in [0.2, 0.25) is 10.0 Å². The Hall–Kier alpha value is -1.60. The number of halogens is 1. The van der Waals surface area contributed by atoms with Crippen molar-refractivity contribution in [3.63, 3.8) is 0 Å². The van der Waals surface area contributed by atoms with Crippen molar-refractivity contribution in [2.45, 2.75) is 4.90 Å². The third-order valence-electron chi connectivity index (χ3n) is 2.34. The largest absolute Gasteiger partial charge is 0.399 e. The summed E-state index contributed by atoms with van der Waals surface area (Å²) in [5.41, 5.74) is 6.74. The SMILES string of the molecule is Nc1ccc2[nH]cc(S(=O)(=O)NCCF)c2c1. The van der Waals surface area contributed by atoms with Gasteiger partial charge in [-0.05, 0) is 18.2 Å². The van der Waals surface area contributed by atoms with Crippen LogP contribution in [-0.4, -0.2) is 26.6 Å². The minimum absolute atomic E-state index is 0.0771. The molecule has 5 nitrogen and oxygen atoms in total. The highest BCUT2D eigenvalue weighted by Gasteiger charge is 2.18. The van der Waals surface area contributed by atoms with E-state index in [4.69, 9.17) is 5.73 Å². The fourth-order valence-electron chi connectivity index (χ4n) is 1.59. The molecule has 1 aromatic carbocycles. The number of fused-ring (bicyclic) bond motifs is 1. The molecule has 0 bridgehead atoms. The van der Waals surface area contributed by atoms with Crippen LogP contribution in [0.2, 0.25) is 0 Å². The van der Waals surface area contributed by atoms with Crippen LogP contribution >= 0.6 is 0 Å². The Bertz CT molecular complexity index is 636. The maximum absolute atomic E-state index is 12.0. The van der Waals surface area contributed by atoms with Gasteiger partial charge >= 0.3 is 0 Å². The van der Waals surface area contributed by atoms with E-state index in [0.29, 0.717) is 16.6 Å². The van der Waals surface area contributed by atoms with E-state index in [2.05, 4.69) is 9.71 Å². The summed E-state index contributed by atoms with van der Waals surface area (Å²) >= 11 is 0. The first-order valence-electron chi connectivity index (χ1n) is 4.97. The Labute approximate surface area is 97.9 Å². The number of hydrogen-bond donors (Lipinski definition) is 3. The molecule has 0 saturated heterocycles. The molecular weight excluding hydrogens is 245 g/mol. The number of benzene rings is 1. The summed E-state index contributed by atoms with van der Waals surface area (Å²) in [5.74, 6) is 0. The Morgan fingerprint density at radius 3 is 2.88 bits per heavy atom. The first-order chi connectivity index (χ1) is 8.04. The molecular formula is C10H12FN3O2S. The highest BCUT2D eigenvalue weighted by molar-refractivity contribution is 7.89. The van der Waals surface area contributed by atoms with E-state index in [0.717, 1.165) is 0 Å². The number of nitrogens with one attached hydrogen (secondary N) is 2. The molecule has 0 amide bonds. The molecule has 0 aliphatic carbocycles.